The third-order valence-corrected chi connectivity index (χ3v) is 3.51. The summed E-state index contributed by atoms with van der Waals surface area (Å²) in [6.45, 7) is 2.01. The molecule has 0 bridgehead atoms. The van der Waals surface area contributed by atoms with Gasteiger partial charge in [-0.3, -0.25) is 10.1 Å². The molecule has 0 aromatic heterocycles. The van der Waals surface area contributed by atoms with Crippen LogP contribution in [0.1, 0.15) is 11.1 Å². The molecule has 0 spiro atoms. The summed E-state index contributed by atoms with van der Waals surface area (Å²) in [5, 5.41) is 11.6. The summed E-state index contributed by atoms with van der Waals surface area (Å²) in [6.07, 6.45) is 0. The van der Waals surface area contributed by atoms with Crippen molar-refractivity contribution in [2.75, 3.05) is 0 Å². The van der Waals surface area contributed by atoms with E-state index in [1.54, 1.807) is 24.3 Å². The molecule has 0 saturated carbocycles. The van der Waals surface area contributed by atoms with Crippen molar-refractivity contribution in [1.29, 1.82) is 0 Å². The molecule has 0 N–H and O–H groups in total. The SMILES string of the molecule is Cc1ccc(Cl)cc1OCc1ccc(Br)cc1[N+](=O)[O-]. The van der Waals surface area contributed by atoms with E-state index in [2.05, 4.69) is 15.9 Å². The standard InChI is InChI=1S/C14H11BrClNO3/c1-9-2-5-12(16)7-14(9)20-8-10-3-4-11(15)6-13(10)17(18)19/h2-7H,8H2,1H3. The molecule has 2 aromatic carbocycles. The van der Waals surface area contributed by atoms with Crippen LogP contribution in [0.3, 0.4) is 0 Å². The van der Waals surface area contributed by atoms with Crippen molar-refractivity contribution in [3.05, 3.63) is 67.1 Å². The van der Waals surface area contributed by atoms with Gasteiger partial charge in [-0.25, -0.2) is 0 Å². The van der Waals surface area contributed by atoms with Crippen LogP contribution in [0, 0.1) is 17.0 Å². The van der Waals surface area contributed by atoms with E-state index in [9.17, 15) is 10.1 Å². The van der Waals surface area contributed by atoms with Crippen LogP contribution in [0.25, 0.3) is 0 Å². The summed E-state index contributed by atoms with van der Waals surface area (Å²) < 4.78 is 6.29. The van der Waals surface area contributed by atoms with Crippen LogP contribution in [0.5, 0.6) is 5.75 Å². The fourth-order valence-electron chi connectivity index (χ4n) is 1.71. The second-order valence-corrected chi connectivity index (χ2v) is 5.58. The molecule has 20 heavy (non-hydrogen) atoms. The number of ether oxygens (including phenoxy) is 1. The lowest BCUT2D eigenvalue weighted by Crippen LogP contribution is -2.01. The minimum atomic E-state index is -0.422. The van der Waals surface area contributed by atoms with E-state index >= 15 is 0 Å². The minimum Gasteiger partial charge on any atom is -0.488 e. The van der Waals surface area contributed by atoms with Crippen LogP contribution in [-0.2, 0) is 6.61 Å². The Hall–Kier alpha value is -1.59. The largest absolute Gasteiger partial charge is 0.488 e. The van der Waals surface area contributed by atoms with Crippen LogP contribution < -0.4 is 4.74 Å². The molecule has 0 heterocycles. The van der Waals surface area contributed by atoms with Gasteiger partial charge in [-0.2, -0.15) is 0 Å². The summed E-state index contributed by atoms with van der Waals surface area (Å²) in [5.74, 6) is 0.620. The smallest absolute Gasteiger partial charge is 0.277 e. The Morgan fingerprint density at radius 2 is 2.05 bits per heavy atom. The Labute approximate surface area is 129 Å². The van der Waals surface area contributed by atoms with E-state index in [-0.39, 0.29) is 12.3 Å². The van der Waals surface area contributed by atoms with Gasteiger partial charge in [0.2, 0.25) is 0 Å². The molecule has 4 nitrogen and oxygen atoms in total. The second-order valence-electron chi connectivity index (χ2n) is 4.23. The van der Waals surface area contributed by atoms with E-state index in [1.807, 2.05) is 13.0 Å². The van der Waals surface area contributed by atoms with Crippen LogP contribution in [0.2, 0.25) is 5.02 Å². The first kappa shape index (κ1) is 14.8. The molecule has 0 aliphatic carbocycles. The van der Waals surface area contributed by atoms with Crippen LogP contribution in [0.4, 0.5) is 5.69 Å². The molecule has 0 aliphatic heterocycles. The van der Waals surface area contributed by atoms with Gasteiger partial charge in [-0.1, -0.05) is 33.6 Å². The Bertz CT molecular complexity index is 661. The van der Waals surface area contributed by atoms with E-state index in [0.29, 0.717) is 20.8 Å². The lowest BCUT2D eigenvalue weighted by molar-refractivity contribution is -0.385. The van der Waals surface area contributed by atoms with Crippen LogP contribution in [-0.4, -0.2) is 4.92 Å². The van der Waals surface area contributed by atoms with Crippen molar-refractivity contribution in [2.24, 2.45) is 0 Å². The zero-order chi connectivity index (χ0) is 14.7. The first-order valence-electron chi connectivity index (χ1n) is 5.79. The molecular weight excluding hydrogens is 346 g/mol. The predicted octanol–water partition coefficient (Wildman–Crippen LogP) is 4.90. The molecule has 0 radical (unpaired) electrons. The molecule has 0 fully saturated rings. The molecule has 2 aromatic rings. The van der Waals surface area contributed by atoms with E-state index in [1.165, 1.54) is 6.07 Å². The third kappa shape index (κ3) is 3.49. The highest BCUT2D eigenvalue weighted by Crippen LogP contribution is 2.27. The van der Waals surface area contributed by atoms with Gasteiger partial charge in [0, 0.05) is 15.6 Å². The Kier molecular flexibility index (Phi) is 4.62. The number of nitro groups is 1. The van der Waals surface area contributed by atoms with Crippen LogP contribution >= 0.6 is 27.5 Å². The fourth-order valence-corrected chi connectivity index (χ4v) is 2.23. The van der Waals surface area contributed by atoms with Crippen molar-refractivity contribution in [3.63, 3.8) is 0 Å². The van der Waals surface area contributed by atoms with Crippen molar-refractivity contribution in [3.8, 4) is 5.75 Å². The van der Waals surface area contributed by atoms with Gasteiger partial charge >= 0.3 is 0 Å². The van der Waals surface area contributed by atoms with Gasteiger partial charge in [0.05, 0.1) is 10.5 Å². The molecule has 0 aliphatic rings. The molecule has 6 heteroatoms. The van der Waals surface area contributed by atoms with E-state index < -0.39 is 4.92 Å². The molecule has 104 valence electrons. The Morgan fingerprint density at radius 3 is 2.75 bits per heavy atom. The van der Waals surface area contributed by atoms with Gasteiger partial charge in [0.15, 0.2) is 0 Å². The van der Waals surface area contributed by atoms with E-state index in [0.717, 1.165) is 5.56 Å². The molecule has 0 atom stereocenters. The number of halogens is 2. The highest BCUT2D eigenvalue weighted by atomic mass is 79.9. The number of benzene rings is 2. The van der Waals surface area contributed by atoms with Gasteiger partial charge in [-0.15, -0.1) is 0 Å². The number of aryl methyl sites for hydroxylation is 1. The fraction of sp³-hybridized carbons (Fsp3) is 0.143. The molecule has 0 unspecified atom stereocenters. The highest BCUT2D eigenvalue weighted by molar-refractivity contribution is 9.10. The highest BCUT2D eigenvalue weighted by Gasteiger charge is 2.15. The Balaban J connectivity index is 2.23. The van der Waals surface area contributed by atoms with Crippen LogP contribution in [0.15, 0.2) is 40.9 Å². The summed E-state index contributed by atoms with van der Waals surface area (Å²) in [7, 11) is 0. The predicted molar refractivity (Wildman–Crippen MR) is 81.3 cm³/mol. The molecule has 0 saturated heterocycles. The van der Waals surface area contributed by atoms with Crippen molar-refractivity contribution in [1.82, 2.24) is 0 Å². The van der Waals surface area contributed by atoms with Crippen molar-refractivity contribution in [2.45, 2.75) is 13.5 Å². The maximum atomic E-state index is 11.0. The second kappa shape index (κ2) is 6.24. The number of hydrogen-bond donors (Lipinski definition) is 0. The first-order valence-corrected chi connectivity index (χ1v) is 6.96. The topological polar surface area (TPSA) is 52.4 Å². The first-order chi connectivity index (χ1) is 9.47. The lowest BCUT2D eigenvalue weighted by Gasteiger charge is -2.10. The van der Waals surface area contributed by atoms with Gasteiger partial charge < -0.3 is 4.74 Å². The normalized spacial score (nSPS) is 10.3. The summed E-state index contributed by atoms with van der Waals surface area (Å²) in [5.41, 5.74) is 1.46. The molecule has 0 amide bonds. The summed E-state index contributed by atoms with van der Waals surface area (Å²) in [6, 6.07) is 10.2. The molecule has 2 rings (SSSR count). The lowest BCUT2D eigenvalue weighted by atomic mass is 10.2. The maximum absolute atomic E-state index is 11.0. The number of nitrogens with zero attached hydrogens (tertiary/aromatic N) is 1. The minimum absolute atomic E-state index is 0.0269. The quantitative estimate of drug-likeness (QED) is 0.578. The van der Waals surface area contributed by atoms with E-state index in [4.69, 9.17) is 16.3 Å². The Morgan fingerprint density at radius 1 is 1.30 bits per heavy atom. The average Bonchev–Trinajstić information content (AvgIpc) is 2.40. The van der Waals surface area contributed by atoms with Gasteiger partial charge in [-0.05, 0) is 36.8 Å². The number of nitro benzene ring substituents is 1. The zero-order valence-corrected chi connectivity index (χ0v) is 12.9. The average molecular weight is 357 g/mol. The maximum Gasteiger partial charge on any atom is 0.277 e. The van der Waals surface area contributed by atoms with Crippen molar-refractivity contribution >= 4 is 33.2 Å². The zero-order valence-electron chi connectivity index (χ0n) is 10.6. The molecular formula is C14H11BrClNO3. The monoisotopic (exact) mass is 355 g/mol. The van der Waals surface area contributed by atoms with Gasteiger partial charge in [0.1, 0.15) is 12.4 Å². The number of rotatable bonds is 4. The number of hydrogen-bond acceptors (Lipinski definition) is 3. The summed E-state index contributed by atoms with van der Waals surface area (Å²) in [4.78, 5) is 10.6. The third-order valence-electron chi connectivity index (χ3n) is 2.78. The summed E-state index contributed by atoms with van der Waals surface area (Å²) >= 11 is 9.13. The van der Waals surface area contributed by atoms with Crippen molar-refractivity contribution < 1.29 is 9.66 Å². The van der Waals surface area contributed by atoms with Gasteiger partial charge in [0.25, 0.3) is 5.69 Å².